The molecule has 0 amide bonds. The topological polar surface area (TPSA) is 54.5 Å². The summed E-state index contributed by atoms with van der Waals surface area (Å²) in [5, 5.41) is 1.10. The maximum absolute atomic E-state index is 4.41. The fraction of sp³-hybridized carbons (Fsp3) is 0.214. The minimum absolute atomic E-state index is 0.366. The van der Waals surface area contributed by atoms with Crippen molar-refractivity contribution in [3.63, 3.8) is 0 Å². The molecule has 4 heteroatoms. The zero-order valence-electron chi connectivity index (χ0n) is 10.4. The second-order valence-corrected chi connectivity index (χ2v) is 4.62. The normalized spacial score (nSPS) is 11.3. The highest BCUT2D eigenvalue weighted by atomic mass is 14.8. The molecule has 0 bridgehead atoms. The minimum Gasteiger partial charge on any atom is -0.346 e. The Labute approximate surface area is 105 Å². The Hall–Kier alpha value is -2.23. The molecule has 0 saturated carbocycles. The van der Waals surface area contributed by atoms with Gasteiger partial charge in [-0.25, -0.2) is 15.0 Å². The highest BCUT2D eigenvalue weighted by Crippen LogP contribution is 2.27. The lowest BCUT2D eigenvalue weighted by Crippen LogP contribution is -1.97. The summed E-state index contributed by atoms with van der Waals surface area (Å²) in [7, 11) is 0. The zero-order chi connectivity index (χ0) is 12.5. The van der Waals surface area contributed by atoms with Crippen molar-refractivity contribution in [3.05, 3.63) is 42.7 Å². The summed E-state index contributed by atoms with van der Waals surface area (Å²) in [5.41, 5.74) is 4.08. The SMILES string of the molecule is CC(C)c1ncncc1-c1cnc2[nH]ccc2c1. The lowest BCUT2D eigenvalue weighted by atomic mass is 10.00. The third-order valence-electron chi connectivity index (χ3n) is 3.00. The quantitative estimate of drug-likeness (QED) is 0.746. The number of hydrogen-bond donors (Lipinski definition) is 1. The predicted octanol–water partition coefficient (Wildman–Crippen LogP) is 3.14. The van der Waals surface area contributed by atoms with Crippen LogP contribution in [0, 0.1) is 0 Å². The highest BCUT2D eigenvalue weighted by Gasteiger charge is 2.11. The molecule has 0 saturated heterocycles. The second kappa shape index (κ2) is 4.22. The van der Waals surface area contributed by atoms with Crippen LogP contribution in [0.3, 0.4) is 0 Å². The molecular formula is C14H14N4. The maximum Gasteiger partial charge on any atom is 0.137 e. The molecule has 0 unspecified atom stereocenters. The van der Waals surface area contributed by atoms with Crippen LogP contribution in [0.5, 0.6) is 0 Å². The lowest BCUT2D eigenvalue weighted by Gasteiger charge is -2.10. The summed E-state index contributed by atoms with van der Waals surface area (Å²) in [6, 6.07) is 4.13. The van der Waals surface area contributed by atoms with Gasteiger partial charge in [-0.05, 0) is 18.1 Å². The average molecular weight is 238 g/mol. The first kappa shape index (κ1) is 10.9. The summed E-state index contributed by atoms with van der Waals surface area (Å²) in [4.78, 5) is 16.0. The Morgan fingerprint density at radius 3 is 2.89 bits per heavy atom. The van der Waals surface area contributed by atoms with E-state index in [9.17, 15) is 0 Å². The number of fused-ring (bicyclic) bond motifs is 1. The molecule has 0 aliphatic carbocycles. The van der Waals surface area contributed by atoms with E-state index in [1.165, 1.54) is 0 Å². The molecule has 0 fully saturated rings. The summed E-state index contributed by atoms with van der Waals surface area (Å²) in [6.07, 6.45) is 7.22. The summed E-state index contributed by atoms with van der Waals surface area (Å²) >= 11 is 0. The van der Waals surface area contributed by atoms with E-state index in [1.807, 2.05) is 24.7 Å². The van der Waals surface area contributed by atoms with E-state index < -0.39 is 0 Å². The van der Waals surface area contributed by atoms with E-state index in [0.29, 0.717) is 5.92 Å². The number of H-pyrrole nitrogens is 1. The number of rotatable bonds is 2. The van der Waals surface area contributed by atoms with Crippen molar-refractivity contribution in [2.24, 2.45) is 0 Å². The first-order valence-electron chi connectivity index (χ1n) is 5.99. The van der Waals surface area contributed by atoms with Crippen LogP contribution in [0.4, 0.5) is 0 Å². The fourth-order valence-electron chi connectivity index (χ4n) is 2.11. The predicted molar refractivity (Wildman–Crippen MR) is 71.2 cm³/mol. The zero-order valence-corrected chi connectivity index (χ0v) is 10.4. The largest absolute Gasteiger partial charge is 0.346 e. The van der Waals surface area contributed by atoms with Crippen molar-refractivity contribution in [1.82, 2.24) is 19.9 Å². The van der Waals surface area contributed by atoms with Crippen LogP contribution in [0.1, 0.15) is 25.5 Å². The number of nitrogens with zero attached hydrogens (tertiary/aromatic N) is 3. The van der Waals surface area contributed by atoms with Crippen molar-refractivity contribution in [2.75, 3.05) is 0 Å². The second-order valence-electron chi connectivity index (χ2n) is 4.62. The molecule has 3 rings (SSSR count). The maximum atomic E-state index is 4.41. The van der Waals surface area contributed by atoms with E-state index in [2.05, 4.69) is 39.8 Å². The van der Waals surface area contributed by atoms with Crippen LogP contribution in [-0.2, 0) is 0 Å². The molecule has 0 atom stereocenters. The van der Waals surface area contributed by atoms with Crippen molar-refractivity contribution < 1.29 is 0 Å². The van der Waals surface area contributed by atoms with Crippen molar-refractivity contribution in [3.8, 4) is 11.1 Å². The standard InChI is InChI=1S/C14H14N4/c1-9(2)13-12(7-15-8-18-13)11-5-10-3-4-16-14(10)17-6-11/h3-9H,1-2H3,(H,16,17). The van der Waals surface area contributed by atoms with Gasteiger partial charge in [0, 0.05) is 35.1 Å². The van der Waals surface area contributed by atoms with Crippen molar-refractivity contribution in [2.45, 2.75) is 19.8 Å². The number of aromatic amines is 1. The monoisotopic (exact) mass is 238 g/mol. The average Bonchev–Trinajstić information content (AvgIpc) is 2.85. The molecule has 3 aromatic heterocycles. The summed E-state index contributed by atoms with van der Waals surface area (Å²) < 4.78 is 0. The fourth-order valence-corrected chi connectivity index (χ4v) is 2.11. The van der Waals surface area contributed by atoms with Gasteiger partial charge in [0.2, 0.25) is 0 Å². The molecule has 1 N–H and O–H groups in total. The molecule has 90 valence electrons. The van der Waals surface area contributed by atoms with Crippen LogP contribution in [0.15, 0.2) is 37.1 Å². The smallest absolute Gasteiger partial charge is 0.137 e. The third-order valence-corrected chi connectivity index (χ3v) is 3.00. The summed E-state index contributed by atoms with van der Waals surface area (Å²) in [6.45, 7) is 4.27. The number of nitrogens with one attached hydrogen (secondary N) is 1. The Kier molecular flexibility index (Phi) is 2.55. The van der Waals surface area contributed by atoms with Gasteiger partial charge in [-0.15, -0.1) is 0 Å². The Balaban J connectivity index is 2.19. The molecule has 18 heavy (non-hydrogen) atoms. The van der Waals surface area contributed by atoms with Gasteiger partial charge < -0.3 is 4.98 Å². The third kappa shape index (κ3) is 1.76. The van der Waals surface area contributed by atoms with Gasteiger partial charge in [-0.2, -0.15) is 0 Å². The Morgan fingerprint density at radius 1 is 1.17 bits per heavy atom. The first-order chi connectivity index (χ1) is 8.75. The summed E-state index contributed by atoms with van der Waals surface area (Å²) in [5.74, 6) is 0.366. The van der Waals surface area contributed by atoms with E-state index in [-0.39, 0.29) is 0 Å². The Bertz CT molecular complexity index is 685. The highest BCUT2D eigenvalue weighted by molar-refractivity contribution is 5.81. The molecule has 0 aliphatic heterocycles. The molecule has 4 nitrogen and oxygen atoms in total. The number of aromatic nitrogens is 4. The lowest BCUT2D eigenvalue weighted by molar-refractivity contribution is 0.817. The first-order valence-corrected chi connectivity index (χ1v) is 5.99. The van der Waals surface area contributed by atoms with Crippen molar-refractivity contribution in [1.29, 1.82) is 0 Å². The van der Waals surface area contributed by atoms with Gasteiger partial charge >= 0.3 is 0 Å². The van der Waals surface area contributed by atoms with Crippen LogP contribution in [0.2, 0.25) is 0 Å². The van der Waals surface area contributed by atoms with Crippen molar-refractivity contribution >= 4 is 11.0 Å². The molecular weight excluding hydrogens is 224 g/mol. The van der Waals surface area contributed by atoms with Crippen LogP contribution in [-0.4, -0.2) is 19.9 Å². The Morgan fingerprint density at radius 2 is 2.06 bits per heavy atom. The van der Waals surface area contributed by atoms with Gasteiger partial charge in [0.05, 0.1) is 5.69 Å². The van der Waals surface area contributed by atoms with Crippen LogP contribution < -0.4 is 0 Å². The van der Waals surface area contributed by atoms with E-state index in [1.54, 1.807) is 6.33 Å². The molecule has 3 aromatic rings. The van der Waals surface area contributed by atoms with Gasteiger partial charge in [0.1, 0.15) is 12.0 Å². The minimum atomic E-state index is 0.366. The van der Waals surface area contributed by atoms with Gasteiger partial charge in [-0.3, -0.25) is 0 Å². The van der Waals surface area contributed by atoms with Gasteiger partial charge in [0.15, 0.2) is 0 Å². The van der Waals surface area contributed by atoms with Gasteiger partial charge in [0.25, 0.3) is 0 Å². The van der Waals surface area contributed by atoms with E-state index >= 15 is 0 Å². The molecule has 0 aliphatic rings. The van der Waals surface area contributed by atoms with E-state index in [4.69, 9.17) is 0 Å². The van der Waals surface area contributed by atoms with E-state index in [0.717, 1.165) is 27.9 Å². The number of pyridine rings is 1. The van der Waals surface area contributed by atoms with Crippen LogP contribution in [0.25, 0.3) is 22.2 Å². The van der Waals surface area contributed by atoms with Crippen LogP contribution >= 0.6 is 0 Å². The molecule has 0 spiro atoms. The molecule has 0 radical (unpaired) electrons. The molecule has 0 aromatic carbocycles. The van der Waals surface area contributed by atoms with Gasteiger partial charge in [-0.1, -0.05) is 13.8 Å². The number of hydrogen-bond acceptors (Lipinski definition) is 3. The molecule has 3 heterocycles.